The molecular weight excluding hydrogens is 342 g/mol. The quantitative estimate of drug-likeness (QED) is 0.549. The normalized spacial score (nSPS) is 15.0. The van der Waals surface area contributed by atoms with Crippen LogP contribution in [0.2, 0.25) is 0 Å². The molecule has 146 valence electrons. The molecule has 0 bridgehead atoms. The maximum Gasteiger partial charge on any atom is 0.191 e. The summed E-state index contributed by atoms with van der Waals surface area (Å²) in [7, 11) is 3.45. The van der Waals surface area contributed by atoms with Crippen molar-refractivity contribution < 1.29 is 13.9 Å². The average Bonchev–Trinajstić information content (AvgIpc) is 3.39. The lowest BCUT2D eigenvalue weighted by atomic mass is 10.2. The summed E-state index contributed by atoms with van der Waals surface area (Å²) in [5.74, 6) is 3.41. The zero-order valence-corrected chi connectivity index (χ0v) is 16.2. The van der Waals surface area contributed by atoms with Crippen molar-refractivity contribution in [2.45, 2.75) is 44.8 Å². The Morgan fingerprint density at radius 1 is 1.22 bits per heavy atom. The first-order valence-electron chi connectivity index (χ1n) is 9.59. The number of aliphatic imine (C=N–C) groups is 1. The van der Waals surface area contributed by atoms with Gasteiger partial charge >= 0.3 is 0 Å². The van der Waals surface area contributed by atoms with Crippen molar-refractivity contribution in [1.82, 2.24) is 10.6 Å². The first kappa shape index (κ1) is 19.1. The fourth-order valence-electron chi connectivity index (χ4n) is 3.26. The molecule has 3 rings (SSSR count). The van der Waals surface area contributed by atoms with Gasteiger partial charge in [0.25, 0.3) is 0 Å². The molecule has 1 aliphatic carbocycles. The molecule has 1 heterocycles. The lowest BCUT2D eigenvalue weighted by Gasteiger charge is -2.18. The van der Waals surface area contributed by atoms with Gasteiger partial charge in [0.1, 0.15) is 17.3 Å². The first-order valence-corrected chi connectivity index (χ1v) is 9.59. The number of methoxy groups -OCH3 is 1. The highest BCUT2D eigenvalue weighted by Crippen LogP contribution is 2.29. The van der Waals surface area contributed by atoms with Crippen molar-refractivity contribution in [2.75, 3.05) is 20.7 Å². The molecule has 2 aromatic rings. The van der Waals surface area contributed by atoms with Crippen molar-refractivity contribution in [3.63, 3.8) is 0 Å². The van der Waals surface area contributed by atoms with Crippen LogP contribution in [-0.2, 0) is 13.0 Å². The van der Waals surface area contributed by atoms with Crippen LogP contribution in [-0.4, -0.2) is 32.8 Å². The lowest BCUT2D eigenvalue weighted by Crippen LogP contribution is -2.38. The highest BCUT2D eigenvalue weighted by atomic mass is 16.5. The minimum Gasteiger partial charge on any atom is -0.497 e. The summed E-state index contributed by atoms with van der Waals surface area (Å²) >= 11 is 0. The van der Waals surface area contributed by atoms with Crippen LogP contribution in [0.3, 0.4) is 0 Å². The van der Waals surface area contributed by atoms with Gasteiger partial charge in [-0.1, -0.05) is 0 Å². The average molecular weight is 371 g/mol. The number of nitrogens with one attached hydrogen (secondary N) is 2. The van der Waals surface area contributed by atoms with Gasteiger partial charge in [0.15, 0.2) is 5.96 Å². The van der Waals surface area contributed by atoms with Gasteiger partial charge < -0.3 is 24.5 Å². The Morgan fingerprint density at radius 2 is 2.07 bits per heavy atom. The van der Waals surface area contributed by atoms with Crippen molar-refractivity contribution in [3.05, 3.63) is 47.9 Å². The molecule has 1 saturated carbocycles. The Bertz CT molecular complexity index is 722. The van der Waals surface area contributed by atoms with E-state index in [4.69, 9.17) is 13.9 Å². The fraction of sp³-hybridized carbons (Fsp3) is 0.476. The second-order valence-electron chi connectivity index (χ2n) is 6.68. The minimum absolute atomic E-state index is 0.307. The predicted molar refractivity (Wildman–Crippen MR) is 106 cm³/mol. The number of rotatable bonds is 8. The Morgan fingerprint density at radius 3 is 2.78 bits per heavy atom. The second kappa shape index (κ2) is 9.90. The van der Waals surface area contributed by atoms with E-state index in [0.29, 0.717) is 12.6 Å². The van der Waals surface area contributed by atoms with Crippen LogP contribution in [0, 0.1) is 0 Å². The molecule has 0 unspecified atom stereocenters. The maximum absolute atomic E-state index is 6.25. The molecule has 6 heteroatoms. The highest BCUT2D eigenvalue weighted by molar-refractivity contribution is 5.79. The number of hydrogen-bond acceptors (Lipinski definition) is 4. The van der Waals surface area contributed by atoms with Gasteiger partial charge in [0.05, 0.1) is 19.5 Å². The molecule has 1 fully saturated rings. The van der Waals surface area contributed by atoms with E-state index in [-0.39, 0.29) is 0 Å². The van der Waals surface area contributed by atoms with E-state index in [1.54, 1.807) is 20.4 Å². The van der Waals surface area contributed by atoms with E-state index >= 15 is 0 Å². The van der Waals surface area contributed by atoms with E-state index in [1.807, 2.05) is 30.3 Å². The van der Waals surface area contributed by atoms with Gasteiger partial charge in [-0.15, -0.1) is 0 Å². The van der Waals surface area contributed by atoms with Crippen LogP contribution >= 0.6 is 0 Å². The second-order valence-corrected chi connectivity index (χ2v) is 6.68. The SMILES string of the molecule is CN=C(NCCc1ccco1)NCc1ccc(OC)cc1OC1CCCC1. The summed E-state index contributed by atoms with van der Waals surface area (Å²) in [6, 6.07) is 9.86. The molecule has 0 radical (unpaired) electrons. The third-order valence-electron chi connectivity index (χ3n) is 4.78. The van der Waals surface area contributed by atoms with Crippen molar-refractivity contribution in [2.24, 2.45) is 4.99 Å². The molecular formula is C21H29N3O3. The summed E-state index contributed by atoms with van der Waals surface area (Å²) in [6.45, 7) is 1.38. The number of hydrogen-bond donors (Lipinski definition) is 2. The summed E-state index contributed by atoms with van der Waals surface area (Å²) in [5.41, 5.74) is 1.09. The Labute approximate surface area is 161 Å². The number of benzene rings is 1. The molecule has 1 aromatic heterocycles. The van der Waals surface area contributed by atoms with Crippen molar-refractivity contribution >= 4 is 5.96 Å². The molecule has 6 nitrogen and oxygen atoms in total. The van der Waals surface area contributed by atoms with Crippen molar-refractivity contribution in [3.8, 4) is 11.5 Å². The molecule has 2 N–H and O–H groups in total. The van der Waals surface area contributed by atoms with Gasteiger partial charge in [-0.25, -0.2) is 0 Å². The largest absolute Gasteiger partial charge is 0.497 e. The van der Waals surface area contributed by atoms with E-state index in [2.05, 4.69) is 15.6 Å². The van der Waals surface area contributed by atoms with Crippen molar-refractivity contribution in [1.29, 1.82) is 0 Å². The van der Waals surface area contributed by atoms with Crippen LogP contribution in [0.4, 0.5) is 0 Å². The van der Waals surface area contributed by atoms with Gasteiger partial charge in [0, 0.05) is 38.2 Å². The predicted octanol–water partition coefficient (Wildman–Crippen LogP) is 3.52. The Kier molecular flexibility index (Phi) is 7.02. The standard InChI is InChI=1S/C21H29N3O3/c1-22-21(23-12-11-17-8-5-13-26-17)24-15-16-9-10-19(25-2)14-20(16)27-18-6-3-4-7-18/h5,8-10,13-14,18H,3-4,6-7,11-12,15H2,1-2H3,(H2,22,23,24). The third kappa shape index (κ3) is 5.67. The molecule has 1 aromatic carbocycles. The topological polar surface area (TPSA) is 68.0 Å². The molecule has 0 amide bonds. The monoisotopic (exact) mass is 371 g/mol. The smallest absolute Gasteiger partial charge is 0.191 e. The summed E-state index contributed by atoms with van der Waals surface area (Å²) in [5, 5.41) is 6.66. The summed E-state index contributed by atoms with van der Waals surface area (Å²) < 4.78 is 17.0. The minimum atomic E-state index is 0.307. The van der Waals surface area contributed by atoms with E-state index in [0.717, 1.165) is 54.6 Å². The molecule has 27 heavy (non-hydrogen) atoms. The molecule has 0 atom stereocenters. The van der Waals surface area contributed by atoms with E-state index < -0.39 is 0 Å². The number of ether oxygens (including phenoxy) is 2. The molecule has 0 saturated heterocycles. The first-order chi connectivity index (χ1) is 13.3. The van der Waals surface area contributed by atoms with Gasteiger partial charge in [-0.2, -0.15) is 0 Å². The highest BCUT2D eigenvalue weighted by Gasteiger charge is 2.18. The fourth-order valence-corrected chi connectivity index (χ4v) is 3.26. The number of nitrogens with zero attached hydrogens (tertiary/aromatic N) is 1. The summed E-state index contributed by atoms with van der Waals surface area (Å²) in [4.78, 5) is 4.29. The molecule has 0 aliphatic heterocycles. The van der Waals surface area contributed by atoms with Crippen LogP contribution < -0.4 is 20.1 Å². The zero-order chi connectivity index (χ0) is 18.9. The lowest BCUT2D eigenvalue weighted by molar-refractivity contribution is 0.207. The van der Waals surface area contributed by atoms with Crippen LogP contribution in [0.5, 0.6) is 11.5 Å². The van der Waals surface area contributed by atoms with E-state index in [9.17, 15) is 0 Å². The number of guanidine groups is 1. The van der Waals surface area contributed by atoms with Gasteiger partial charge in [0.2, 0.25) is 0 Å². The van der Waals surface area contributed by atoms with Crippen LogP contribution in [0.1, 0.15) is 37.0 Å². The maximum atomic E-state index is 6.25. The number of furan rings is 1. The van der Waals surface area contributed by atoms with E-state index in [1.165, 1.54) is 12.8 Å². The van der Waals surface area contributed by atoms with Gasteiger partial charge in [-0.05, 0) is 49.9 Å². The van der Waals surface area contributed by atoms with Gasteiger partial charge in [-0.3, -0.25) is 4.99 Å². The van der Waals surface area contributed by atoms with Crippen LogP contribution in [0.25, 0.3) is 0 Å². The molecule has 1 aliphatic rings. The third-order valence-corrected chi connectivity index (χ3v) is 4.78. The Balaban J connectivity index is 1.56. The molecule has 0 spiro atoms. The summed E-state index contributed by atoms with van der Waals surface area (Å²) in [6.07, 6.45) is 7.55. The Hall–Kier alpha value is -2.63. The van der Waals surface area contributed by atoms with Crippen LogP contribution in [0.15, 0.2) is 46.0 Å². The zero-order valence-electron chi connectivity index (χ0n) is 16.2.